The number of ether oxygens (including phenoxy) is 3. The van der Waals surface area contributed by atoms with Crippen LogP contribution in [-0.2, 0) is 16.1 Å². The second-order valence-electron chi connectivity index (χ2n) is 6.56. The van der Waals surface area contributed by atoms with Crippen LogP contribution in [0, 0.1) is 5.92 Å². The van der Waals surface area contributed by atoms with Gasteiger partial charge in [-0.3, -0.25) is 9.69 Å². The fourth-order valence-corrected chi connectivity index (χ4v) is 3.69. The third-order valence-electron chi connectivity index (χ3n) is 4.98. The summed E-state index contributed by atoms with van der Waals surface area (Å²) in [6.45, 7) is 3.65. The van der Waals surface area contributed by atoms with Crippen molar-refractivity contribution in [1.29, 1.82) is 0 Å². The van der Waals surface area contributed by atoms with E-state index in [0.717, 1.165) is 49.7 Å². The minimum atomic E-state index is 0.0745. The van der Waals surface area contributed by atoms with Crippen molar-refractivity contribution in [3.8, 4) is 11.5 Å². The van der Waals surface area contributed by atoms with E-state index >= 15 is 0 Å². The largest absolute Gasteiger partial charge is 0.493 e. The Balaban J connectivity index is 1.70. The molecule has 0 saturated carbocycles. The Morgan fingerprint density at radius 2 is 2.08 bits per heavy atom. The molecule has 0 unspecified atom stereocenters. The highest BCUT2D eigenvalue weighted by molar-refractivity contribution is 5.77. The zero-order chi connectivity index (χ0) is 17.1. The van der Waals surface area contributed by atoms with E-state index < -0.39 is 0 Å². The number of rotatable bonds is 4. The smallest absolute Gasteiger partial charge is 0.248 e. The number of para-hydroxylation sites is 1. The molecule has 1 aromatic carbocycles. The lowest BCUT2D eigenvalue weighted by Crippen LogP contribution is -2.46. The van der Waals surface area contributed by atoms with Gasteiger partial charge in [0, 0.05) is 44.7 Å². The van der Waals surface area contributed by atoms with Crippen LogP contribution in [0.3, 0.4) is 0 Å². The van der Waals surface area contributed by atoms with E-state index in [-0.39, 0.29) is 18.6 Å². The highest BCUT2D eigenvalue weighted by atomic mass is 16.5. The average Bonchev–Trinajstić information content (AvgIpc) is 2.73. The van der Waals surface area contributed by atoms with Gasteiger partial charge in [0.05, 0.1) is 20.3 Å². The second-order valence-corrected chi connectivity index (χ2v) is 6.56. The summed E-state index contributed by atoms with van der Waals surface area (Å²) in [6.07, 6.45) is 1.14. The first-order valence-electron chi connectivity index (χ1n) is 8.40. The molecule has 0 N–H and O–H groups in total. The molecule has 0 aliphatic carbocycles. The molecular formula is C18H26N2O4. The molecule has 3 rings (SSSR count). The predicted octanol–water partition coefficient (Wildman–Crippen LogP) is 1.38. The summed E-state index contributed by atoms with van der Waals surface area (Å²) in [7, 11) is 5.19. The fourth-order valence-electron chi connectivity index (χ4n) is 3.69. The van der Waals surface area contributed by atoms with Gasteiger partial charge >= 0.3 is 0 Å². The summed E-state index contributed by atoms with van der Waals surface area (Å²) >= 11 is 0. The van der Waals surface area contributed by atoms with Crippen LogP contribution in [0.2, 0.25) is 0 Å². The van der Waals surface area contributed by atoms with E-state index in [2.05, 4.69) is 11.0 Å². The second kappa shape index (κ2) is 7.40. The van der Waals surface area contributed by atoms with Crippen LogP contribution in [0.15, 0.2) is 18.2 Å². The van der Waals surface area contributed by atoms with Crippen LogP contribution < -0.4 is 9.47 Å². The van der Waals surface area contributed by atoms with Crippen molar-refractivity contribution in [3.63, 3.8) is 0 Å². The van der Waals surface area contributed by atoms with E-state index in [4.69, 9.17) is 14.2 Å². The van der Waals surface area contributed by atoms with E-state index in [9.17, 15) is 4.79 Å². The number of fused-ring (bicyclic) bond motifs is 1. The Morgan fingerprint density at radius 3 is 2.83 bits per heavy atom. The summed E-state index contributed by atoms with van der Waals surface area (Å²) in [4.78, 5) is 16.0. The fraction of sp³-hybridized carbons (Fsp3) is 0.611. The van der Waals surface area contributed by atoms with Gasteiger partial charge in [-0.2, -0.15) is 0 Å². The number of benzene rings is 1. The van der Waals surface area contributed by atoms with Crippen LogP contribution in [0.4, 0.5) is 0 Å². The maximum Gasteiger partial charge on any atom is 0.248 e. The third kappa shape index (κ3) is 3.49. The van der Waals surface area contributed by atoms with Gasteiger partial charge in [-0.1, -0.05) is 12.1 Å². The number of amides is 1. The molecule has 0 bridgehead atoms. The summed E-state index contributed by atoms with van der Waals surface area (Å²) in [5, 5.41) is 0. The van der Waals surface area contributed by atoms with Crippen molar-refractivity contribution in [2.24, 2.45) is 5.92 Å². The van der Waals surface area contributed by atoms with Gasteiger partial charge in [0.15, 0.2) is 11.5 Å². The van der Waals surface area contributed by atoms with Crippen LogP contribution in [-0.4, -0.2) is 69.3 Å². The molecule has 24 heavy (non-hydrogen) atoms. The number of carbonyl (C=O) groups is 1. The molecule has 0 radical (unpaired) electrons. The van der Waals surface area contributed by atoms with Gasteiger partial charge in [0.1, 0.15) is 6.61 Å². The van der Waals surface area contributed by atoms with E-state index in [0.29, 0.717) is 5.92 Å². The molecule has 132 valence electrons. The molecule has 0 spiro atoms. The molecule has 2 atom stereocenters. The molecule has 1 aromatic rings. The molecule has 2 saturated heterocycles. The lowest BCUT2D eigenvalue weighted by atomic mass is 9.93. The molecule has 6 heteroatoms. The standard InChI is InChI=1S/C18H26N2O4/c1-19-9-14-11-20(8-7-15(14)24-12-17(19)21)10-13-5-4-6-16(22-2)18(13)23-3/h4-6,14-15H,7-12H2,1-3H3/t14-,15-/m0/s1. The molecule has 2 heterocycles. The Hall–Kier alpha value is -1.79. The van der Waals surface area contributed by atoms with Crippen molar-refractivity contribution in [1.82, 2.24) is 9.80 Å². The van der Waals surface area contributed by atoms with Crippen molar-refractivity contribution in [3.05, 3.63) is 23.8 Å². The van der Waals surface area contributed by atoms with Crippen molar-refractivity contribution in [2.75, 3.05) is 47.5 Å². The van der Waals surface area contributed by atoms with E-state index in [1.54, 1.807) is 19.1 Å². The van der Waals surface area contributed by atoms with Crippen molar-refractivity contribution >= 4 is 5.91 Å². The summed E-state index contributed by atoms with van der Waals surface area (Å²) in [6, 6.07) is 5.98. The molecule has 1 amide bonds. The highest BCUT2D eigenvalue weighted by Gasteiger charge is 2.34. The zero-order valence-corrected chi connectivity index (χ0v) is 14.7. The van der Waals surface area contributed by atoms with Crippen LogP contribution in [0.5, 0.6) is 11.5 Å². The van der Waals surface area contributed by atoms with Gasteiger partial charge in [-0.15, -0.1) is 0 Å². The van der Waals surface area contributed by atoms with Gasteiger partial charge in [0.2, 0.25) is 5.91 Å². The number of nitrogens with zero attached hydrogens (tertiary/aromatic N) is 2. The molecule has 6 nitrogen and oxygen atoms in total. The van der Waals surface area contributed by atoms with Gasteiger partial charge in [-0.05, 0) is 12.5 Å². The lowest BCUT2D eigenvalue weighted by Gasteiger charge is -2.37. The maximum absolute atomic E-state index is 11.8. The first-order valence-corrected chi connectivity index (χ1v) is 8.40. The topological polar surface area (TPSA) is 51.2 Å². The minimum Gasteiger partial charge on any atom is -0.493 e. The number of carbonyl (C=O) groups excluding carboxylic acids is 1. The van der Waals surface area contributed by atoms with Crippen molar-refractivity contribution in [2.45, 2.75) is 19.1 Å². The Kier molecular flexibility index (Phi) is 5.26. The van der Waals surface area contributed by atoms with Crippen molar-refractivity contribution < 1.29 is 19.0 Å². The normalized spacial score (nSPS) is 25.1. The monoisotopic (exact) mass is 334 g/mol. The minimum absolute atomic E-state index is 0.0745. The summed E-state index contributed by atoms with van der Waals surface area (Å²) < 4.78 is 16.7. The Bertz CT molecular complexity index is 592. The predicted molar refractivity (Wildman–Crippen MR) is 90.3 cm³/mol. The first-order chi connectivity index (χ1) is 11.6. The molecule has 2 aliphatic heterocycles. The van der Waals surface area contributed by atoms with Gasteiger partial charge < -0.3 is 19.1 Å². The summed E-state index contributed by atoms with van der Waals surface area (Å²) in [5.74, 6) is 1.98. The van der Waals surface area contributed by atoms with Crippen LogP contribution in [0.25, 0.3) is 0 Å². The SMILES string of the molecule is COc1cccc(CN2CC[C@@H]3OCC(=O)N(C)C[C@H]3C2)c1OC. The van der Waals surface area contributed by atoms with Gasteiger partial charge in [0.25, 0.3) is 0 Å². The van der Waals surface area contributed by atoms with E-state index in [1.807, 2.05) is 19.2 Å². The first kappa shape index (κ1) is 17.0. The number of likely N-dealkylation sites (N-methyl/N-ethyl adjacent to an activating group) is 1. The number of methoxy groups -OCH3 is 2. The lowest BCUT2D eigenvalue weighted by molar-refractivity contribution is -0.133. The summed E-state index contributed by atoms with van der Waals surface area (Å²) in [5.41, 5.74) is 1.12. The molecule has 0 aromatic heterocycles. The molecule has 2 aliphatic rings. The quantitative estimate of drug-likeness (QED) is 0.833. The Labute approximate surface area is 143 Å². The van der Waals surface area contributed by atoms with Crippen LogP contribution >= 0.6 is 0 Å². The maximum atomic E-state index is 11.8. The van der Waals surface area contributed by atoms with E-state index in [1.165, 1.54) is 0 Å². The number of likely N-dealkylation sites (tertiary alicyclic amines) is 1. The highest BCUT2D eigenvalue weighted by Crippen LogP contribution is 2.33. The number of hydrogen-bond acceptors (Lipinski definition) is 5. The Morgan fingerprint density at radius 1 is 1.25 bits per heavy atom. The number of hydrogen-bond donors (Lipinski definition) is 0. The van der Waals surface area contributed by atoms with Gasteiger partial charge in [-0.25, -0.2) is 0 Å². The third-order valence-corrected chi connectivity index (χ3v) is 4.98. The average molecular weight is 334 g/mol. The van der Waals surface area contributed by atoms with Crippen LogP contribution in [0.1, 0.15) is 12.0 Å². The molecular weight excluding hydrogens is 308 g/mol. The zero-order valence-electron chi connectivity index (χ0n) is 14.7. The number of piperidine rings is 1. The molecule has 2 fully saturated rings.